The van der Waals surface area contributed by atoms with E-state index in [1.807, 2.05) is 12.4 Å². The third-order valence-electron chi connectivity index (χ3n) is 3.51. The molecule has 0 bridgehead atoms. The minimum Gasteiger partial charge on any atom is -0.310 e. The lowest BCUT2D eigenvalue weighted by molar-refractivity contribution is 0.278. The molecule has 0 aliphatic heterocycles. The maximum absolute atomic E-state index is 3.95. The van der Waals surface area contributed by atoms with E-state index in [2.05, 4.69) is 22.4 Å². The van der Waals surface area contributed by atoms with Crippen molar-refractivity contribution in [3.8, 4) is 0 Å². The lowest BCUT2D eigenvalue weighted by Gasteiger charge is -2.29. The normalized spacial score (nSPS) is 26.7. The first-order chi connectivity index (χ1) is 7.38. The summed E-state index contributed by atoms with van der Waals surface area (Å²) in [6.45, 7) is 3.26. The molecule has 84 valence electrons. The van der Waals surface area contributed by atoms with Crippen LogP contribution in [0.2, 0.25) is 0 Å². The second-order valence-electron chi connectivity index (χ2n) is 4.63. The summed E-state index contributed by atoms with van der Waals surface area (Å²) in [5.41, 5.74) is 1.26. The third kappa shape index (κ3) is 3.06. The van der Waals surface area contributed by atoms with E-state index >= 15 is 0 Å². The van der Waals surface area contributed by atoms with Crippen molar-refractivity contribution in [3.63, 3.8) is 0 Å². The number of aromatic nitrogens is 2. The number of aromatic amines is 1. The summed E-state index contributed by atoms with van der Waals surface area (Å²) in [6.07, 6.45) is 10.7. The van der Waals surface area contributed by atoms with Crippen LogP contribution in [0.25, 0.3) is 0 Å². The molecule has 1 fully saturated rings. The Morgan fingerprint density at radius 1 is 1.53 bits per heavy atom. The largest absolute Gasteiger partial charge is 0.310 e. The Morgan fingerprint density at radius 2 is 2.47 bits per heavy atom. The molecular weight excluding hydrogens is 186 g/mol. The molecule has 0 amide bonds. The Balaban J connectivity index is 1.74. The van der Waals surface area contributed by atoms with Crippen molar-refractivity contribution in [3.05, 3.63) is 18.0 Å². The van der Waals surface area contributed by atoms with Crippen LogP contribution in [-0.4, -0.2) is 16.2 Å². The summed E-state index contributed by atoms with van der Waals surface area (Å²) >= 11 is 0. The standard InChI is InChI=1S/C12H21N3/c1-2-10-4-3-5-12(6-10)13-7-11-8-14-15-9-11/h8-10,12-13H,2-7H2,1H3,(H,14,15). The van der Waals surface area contributed by atoms with E-state index in [1.54, 1.807) is 0 Å². The first-order valence-corrected chi connectivity index (χ1v) is 6.09. The Labute approximate surface area is 91.7 Å². The van der Waals surface area contributed by atoms with E-state index < -0.39 is 0 Å². The van der Waals surface area contributed by atoms with Crippen molar-refractivity contribution in [1.29, 1.82) is 0 Å². The molecule has 1 aliphatic rings. The van der Waals surface area contributed by atoms with Crippen LogP contribution in [-0.2, 0) is 6.54 Å². The van der Waals surface area contributed by atoms with E-state index in [-0.39, 0.29) is 0 Å². The van der Waals surface area contributed by atoms with Gasteiger partial charge in [-0.2, -0.15) is 5.10 Å². The van der Waals surface area contributed by atoms with Crippen LogP contribution < -0.4 is 5.32 Å². The molecule has 0 radical (unpaired) electrons. The number of rotatable bonds is 4. The average molecular weight is 207 g/mol. The van der Waals surface area contributed by atoms with Gasteiger partial charge in [-0.3, -0.25) is 5.10 Å². The van der Waals surface area contributed by atoms with E-state index in [1.165, 1.54) is 37.7 Å². The highest BCUT2D eigenvalue weighted by Gasteiger charge is 2.19. The van der Waals surface area contributed by atoms with Gasteiger partial charge in [0.2, 0.25) is 0 Å². The van der Waals surface area contributed by atoms with Gasteiger partial charge < -0.3 is 5.32 Å². The van der Waals surface area contributed by atoms with Crippen molar-refractivity contribution < 1.29 is 0 Å². The van der Waals surface area contributed by atoms with Gasteiger partial charge in [0.1, 0.15) is 0 Å². The van der Waals surface area contributed by atoms with Crippen molar-refractivity contribution in [2.24, 2.45) is 5.92 Å². The van der Waals surface area contributed by atoms with Gasteiger partial charge >= 0.3 is 0 Å². The van der Waals surface area contributed by atoms with Gasteiger partial charge in [-0.05, 0) is 18.8 Å². The zero-order chi connectivity index (χ0) is 10.5. The molecule has 0 spiro atoms. The predicted octanol–water partition coefficient (Wildman–Crippen LogP) is 2.47. The van der Waals surface area contributed by atoms with Gasteiger partial charge in [0.15, 0.2) is 0 Å². The Bertz CT molecular complexity index is 268. The summed E-state index contributed by atoms with van der Waals surface area (Å²) in [4.78, 5) is 0. The van der Waals surface area contributed by atoms with Gasteiger partial charge in [-0.15, -0.1) is 0 Å². The van der Waals surface area contributed by atoms with Gasteiger partial charge in [-0.25, -0.2) is 0 Å². The Morgan fingerprint density at radius 3 is 3.20 bits per heavy atom. The molecular formula is C12H21N3. The molecule has 15 heavy (non-hydrogen) atoms. The highest BCUT2D eigenvalue weighted by molar-refractivity contribution is 5.01. The molecule has 2 unspecified atom stereocenters. The van der Waals surface area contributed by atoms with Crippen LogP contribution in [0.5, 0.6) is 0 Å². The second kappa shape index (κ2) is 5.31. The predicted molar refractivity (Wildman–Crippen MR) is 61.5 cm³/mol. The Hall–Kier alpha value is -0.830. The van der Waals surface area contributed by atoms with Crippen molar-refractivity contribution in [2.75, 3.05) is 0 Å². The molecule has 0 aromatic carbocycles. The maximum atomic E-state index is 3.95. The fourth-order valence-electron chi connectivity index (χ4n) is 2.48. The van der Waals surface area contributed by atoms with Crippen LogP contribution >= 0.6 is 0 Å². The molecule has 1 aromatic rings. The minimum atomic E-state index is 0.721. The molecule has 2 atom stereocenters. The fourth-order valence-corrected chi connectivity index (χ4v) is 2.48. The lowest BCUT2D eigenvalue weighted by Crippen LogP contribution is -2.33. The molecule has 1 heterocycles. The number of hydrogen-bond acceptors (Lipinski definition) is 2. The highest BCUT2D eigenvalue weighted by Crippen LogP contribution is 2.26. The maximum Gasteiger partial charge on any atom is 0.0532 e. The third-order valence-corrected chi connectivity index (χ3v) is 3.51. The van der Waals surface area contributed by atoms with Crippen LogP contribution in [0.1, 0.15) is 44.6 Å². The van der Waals surface area contributed by atoms with Gasteiger partial charge in [0.25, 0.3) is 0 Å². The molecule has 1 aliphatic carbocycles. The summed E-state index contributed by atoms with van der Waals surface area (Å²) in [7, 11) is 0. The van der Waals surface area contributed by atoms with Gasteiger partial charge in [0, 0.05) is 24.3 Å². The average Bonchev–Trinajstić information content (AvgIpc) is 2.79. The molecule has 2 rings (SSSR count). The van der Waals surface area contributed by atoms with Crippen molar-refractivity contribution in [2.45, 2.75) is 51.6 Å². The number of nitrogens with zero attached hydrogens (tertiary/aromatic N) is 1. The quantitative estimate of drug-likeness (QED) is 0.796. The Kier molecular flexibility index (Phi) is 3.78. The van der Waals surface area contributed by atoms with Crippen molar-refractivity contribution >= 4 is 0 Å². The molecule has 1 saturated carbocycles. The van der Waals surface area contributed by atoms with E-state index in [9.17, 15) is 0 Å². The smallest absolute Gasteiger partial charge is 0.0532 e. The summed E-state index contributed by atoms with van der Waals surface area (Å²) in [6, 6.07) is 0.721. The van der Waals surface area contributed by atoms with Gasteiger partial charge in [-0.1, -0.05) is 26.2 Å². The molecule has 1 aromatic heterocycles. The SMILES string of the molecule is CCC1CCCC(NCc2cn[nH]c2)C1. The molecule has 2 N–H and O–H groups in total. The van der Waals surface area contributed by atoms with Crippen LogP contribution in [0.3, 0.4) is 0 Å². The highest BCUT2D eigenvalue weighted by atomic mass is 15.1. The molecule has 3 heteroatoms. The van der Waals surface area contributed by atoms with Crippen LogP contribution in [0, 0.1) is 5.92 Å². The fraction of sp³-hybridized carbons (Fsp3) is 0.750. The zero-order valence-corrected chi connectivity index (χ0v) is 9.50. The lowest BCUT2D eigenvalue weighted by atomic mass is 9.84. The monoisotopic (exact) mass is 207 g/mol. The van der Waals surface area contributed by atoms with E-state index in [0.717, 1.165) is 18.5 Å². The zero-order valence-electron chi connectivity index (χ0n) is 9.50. The number of H-pyrrole nitrogens is 1. The van der Waals surface area contributed by atoms with Crippen LogP contribution in [0.4, 0.5) is 0 Å². The van der Waals surface area contributed by atoms with Crippen LogP contribution in [0.15, 0.2) is 12.4 Å². The summed E-state index contributed by atoms with van der Waals surface area (Å²) in [5, 5.41) is 10.4. The number of nitrogens with one attached hydrogen (secondary N) is 2. The molecule has 0 saturated heterocycles. The summed E-state index contributed by atoms with van der Waals surface area (Å²) in [5.74, 6) is 0.945. The van der Waals surface area contributed by atoms with Gasteiger partial charge in [0.05, 0.1) is 6.20 Å². The van der Waals surface area contributed by atoms with Crippen molar-refractivity contribution in [1.82, 2.24) is 15.5 Å². The topological polar surface area (TPSA) is 40.7 Å². The summed E-state index contributed by atoms with van der Waals surface area (Å²) < 4.78 is 0. The first-order valence-electron chi connectivity index (χ1n) is 6.09. The molecule has 3 nitrogen and oxygen atoms in total. The van der Waals surface area contributed by atoms with E-state index in [4.69, 9.17) is 0 Å². The number of hydrogen-bond donors (Lipinski definition) is 2. The minimum absolute atomic E-state index is 0.721. The first kappa shape index (κ1) is 10.7. The van der Waals surface area contributed by atoms with E-state index in [0.29, 0.717) is 0 Å². The second-order valence-corrected chi connectivity index (χ2v) is 4.63.